The fraction of sp³-hybridized carbons (Fsp3) is 0.143. The Morgan fingerprint density at radius 2 is 2.22 bits per heavy atom. The molecule has 0 unspecified atom stereocenters. The van der Waals surface area contributed by atoms with Gasteiger partial charge in [0, 0.05) is 24.6 Å². The number of rotatable bonds is 3. The van der Waals surface area contributed by atoms with Gasteiger partial charge in [0.15, 0.2) is 0 Å². The van der Waals surface area contributed by atoms with Gasteiger partial charge in [-0.15, -0.1) is 0 Å². The first kappa shape index (κ1) is 12.1. The number of nitrogens with two attached hydrogens (primary N) is 1. The fourth-order valence-electron chi connectivity index (χ4n) is 1.69. The molecule has 0 radical (unpaired) electrons. The highest BCUT2D eigenvalue weighted by atomic mass is 16.1. The average molecular weight is 241 g/mol. The summed E-state index contributed by atoms with van der Waals surface area (Å²) in [6, 6.07) is 9.61. The smallest absolute Gasteiger partial charge is 0.255 e. The van der Waals surface area contributed by atoms with Gasteiger partial charge >= 0.3 is 0 Å². The molecule has 0 bridgehead atoms. The average Bonchev–Trinajstić information content (AvgIpc) is 2.37. The molecular formula is C14H15N3O. The number of pyridine rings is 1. The van der Waals surface area contributed by atoms with Gasteiger partial charge in [0.05, 0.1) is 5.56 Å². The Kier molecular flexibility index (Phi) is 3.57. The molecule has 1 aromatic carbocycles. The van der Waals surface area contributed by atoms with Crippen LogP contribution >= 0.6 is 0 Å². The summed E-state index contributed by atoms with van der Waals surface area (Å²) >= 11 is 0. The zero-order chi connectivity index (χ0) is 13.0. The number of benzene rings is 1. The van der Waals surface area contributed by atoms with E-state index < -0.39 is 0 Å². The van der Waals surface area contributed by atoms with Crippen molar-refractivity contribution >= 4 is 11.6 Å². The van der Waals surface area contributed by atoms with Crippen LogP contribution < -0.4 is 11.1 Å². The summed E-state index contributed by atoms with van der Waals surface area (Å²) < 4.78 is 0. The third-order valence-corrected chi connectivity index (χ3v) is 2.63. The standard InChI is InChI=1S/C14H15N3O/c1-10-3-2-4-11(7-10)8-17-14(18)12-9-16-6-5-13(12)15/h2-7,9H,8H2,1H3,(H2,15,16)(H,17,18). The molecular weight excluding hydrogens is 226 g/mol. The summed E-state index contributed by atoms with van der Waals surface area (Å²) in [6.07, 6.45) is 3.04. The topological polar surface area (TPSA) is 68.0 Å². The molecule has 0 spiro atoms. The Balaban J connectivity index is 2.03. The van der Waals surface area contributed by atoms with Crippen LogP contribution in [0.25, 0.3) is 0 Å². The van der Waals surface area contributed by atoms with Crippen molar-refractivity contribution < 1.29 is 4.79 Å². The summed E-state index contributed by atoms with van der Waals surface area (Å²) in [7, 11) is 0. The Hall–Kier alpha value is -2.36. The minimum absolute atomic E-state index is 0.206. The van der Waals surface area contributed by atoms with Gasteiger partial charge in [0.2, 0.25) is 0 Å². The van der Waals surface area contributed by atoms with E-state index in [1.165, 1.54) is 11.8 Å². The number of aromatic nitrogens is 1. The molecule has 18 heavy (non-hydrogen) atoms. The number of amides is 1. The highest BCUT2D eigenvalue weighted by Gasteiger charge is 2.08. The number of anilines is 1. The second-order valence-electron chi connectivity index (χ2n) is 4.13. The molecule has 0 atom stereocenters. The van der Waals surface area contributed by atoms with Crippen LogP contribution in [0.15, 0.2) is 42.7 Å². The Labute approximate surface area is 106 Å². The van der Waals surface area contributed by atoms with Gasteiger partial charge in [-0.3, -0.25) is 9.78 Å². The van der Waals surface area contributed by atoms with Crippen molar-refractivity contribution in [1.82, 2.24) is 10.3 Å². The number of nitrogens with zero attached hydrogens (tertiary/aromatic N) is 1. The molecule has 1 amide bonds. The quantitative estimate of drug-likeness (QED) is 0.862. The zero-order valence-electron chi connectivity index (χ0n) is 10.2. The Bertz CT molecular complexity index is 566. The van der Waals surface area contributed by atoms with Crippen LogP contribution in [0.2, 0.25) is 0 Å². The van der Waals surface area contributed by atoms with E-state index in [9.17, 15) is 4.79 Å². The summed E-state index contributed by atoms with van der Waals surface area (Å²) in [5.74, 6) is -0.206. The molecule has 0 saturated carbocycles. The van der Waals surface area contributed by atoms with Crippen molar-refractivity contribution in [2.24, 2.45) is 0 Å². The van der Waals surface area contributed by atoms with Gasteiger partial charge in [0.1, 0.15) is 0 Å². The van der Waals surface area contributed by atoms with Gasteiger partial charge in [-0.2, -0.15) is 0 Å². The third-order valence-electron chi connectivity index (χ3n) is 2.63. The van der Waals surface area contributed by atoms with E-state index in [1.807, 2.05) is 31.2 Å². The maximum atomic E-state index is 11.9. The summed E-state index contributed by atoms with van der Waals surface area (Å²) in [4.78, 5) is 15.8. The monoisotopic (exact) mass is 241 g/mol. The molecule has 1 heterocycles. The molecule has 2 aromatic rings. The molecule has 3 N–H and O–H groups in total. The van der Waals surface area contributed by atoms with E-state index in [2.05, 4.69) is 10.3 Å². The molecule has 4 heteroatoms. The van der Waals surface area contributed by atoms with Crippen molar-refractivity contribution in [3.8, 4) is 0 Å². The Morgan fingerprint density at radius 1 is 1.39 bits per heavy atom. The minimum atomic E-state index is -0.206. The predicted molar refractivity (Wildman–Crippen MR) is 71.0 cm³/mol. The second-order valence-corrected chi connectivity index (χ2v) is 4.13. The number of hydrogen-bond acceptors (Lipinski definition) is 3. The van der Waals surface area contributed by atoms with Gasteiger partial charge in [-0.25, -0.2) is 0 Å². The molecule has 0 aliphatic carbocycles. The molecule has 0 saturated heterocycles. The maximum absolute atomic E-state index is 11.9. The van der Waals surface area contributed by atoms with Crippen LogP contribution in [0.4, 0.5) is 5.69 Å². The van der Waals surface area contributed by atoms with Crippen LogP contribution in [-0.4, -0.2) is 10.9 Å². The molecule has 92 valence electrons. The molecule has 1 aromatic heterocycles. The van der Waals surface area contributed by atoms with Crippen molar-refractivity contribution in [2.75, 3.05) is 5.73 Å². The van der Waals surface area contributed by atoms with E-state index >= 15 is 0 Å². The maximum Gasteiger partial charge on any atom is 0.255 e. The summed E-state index contributed by atoms with van der Waals surface area (Å²) in [5, 5.41) is 2.82. The summed E-state index contributed by atoms with van der Waals surface area (Å²) in [5.41, 5.74) is 8.79. The van der Waals surface area contributed by atoms with Gasteiger partial charge in [0.25, 0.3) is 5.91 Å². The first-order chi connectivity index (χ1) is 8.66. The van der Waals surface area contributed by atoms with E-state index in [0.29, 0.717) is 17.8 Å². The van der Waals surface area contributed by atoms with E-state index in [-0.39, 0.29) is 5.91 Å². The van der Waals surface area contributed by atoms with E-state index in [1.54, 1.807) is 12.3 Å². The highest BCUT2D eigenvalue weighted by Crippen LogP contribution is 2.09. The first-order valence-corrected chi connectivity index (χ1v) is 5.70. The largest absolute Gasteiger partial charge is 0.398 e. The van der Waals surface area contributed by atoms with E-state index in [4.69, 9.17) is 5.73 Å². The highest BCUT2D eigenvalue weighted by molar-refractivity contribution is 5.98. The van der Waals surface area contributed by atoms with Crippen LogP contribution in [0.5, 0.6) is 0 Å². The van der Waals surface area contributed by atoms with Gasteiger partial charge in [-0.05, 0) is 18.6 Å². The van der Waals surface area contributed by atoms with E-state index in [0.717, 1.165) is 5.56 Å². The van der Waals surface area contributed by atoms with Crippen molar-refractivity contribution in [1.29, 1.82) is 0 Å². The second kappa shape index (κ2) is 5.31. The molecule has 0 aliphatic rings. The zero-order valence-corrected chi connectivity index (χ0v) is 10.2. The molecule has 2 rings (SSSR count). The molecule has 4 nitrogen and oxygen atoms in total. The SMILES string of the molecule is Cc1cccc(CNC(=O)c2cnccc2N)c1. The number of nitrogen functional groups attached to an aromatic ring is 1. The number of aryl methyl sites for hydroxylation is 1. The summed E-state index contributed by atoms with van der Waals surface area (Å²) in [6.45, 7) is 2.50. The van der Waals surface area contributed by atoms with Crippen molar-refractivity contribution in [2.45, 2.75) is 13.5 Å². The van der Waals surface area contributed by atoms with Crippen molar-refractivity contribution in [3.05, 3.63) is 59.4 Å². The predicted octanol–water partition coefficient (Wildman–Crippen LogP) is 1.90. The van der Waals surface area contributed by atoms with Gasteiger partial charge < -0.3 is 11.1 Å². The van der Waals surface area contributed by atoms with Crippen molar-refractivity contribution in [3.63, 3.8) is 0 Å². The lowest BCUT2D eigenvalue weighted by molar-refractivity contribution is 0.0951. The number of nitrogens with one attached hydrogen (secondary N) is 1. The lowest BCUT2D eigenvalue weighted by atomic mass is 10.1. The lowest BCUT2D eigenvalue weighted by Gasteiger charge is -2.07. The van der Waals surface area contributed by atoms with Crippen LogP contribution in [-0.2, 0) is 6.54 Å². The Morgan fingerprint density at radius 3 is 2.94 bits per heavy atom. The van der Waals surface area contributed by atoms with Crippen LogP contribution in [0.3, 0.4) is 0 Å². The minimum Gasteiger partial charge on any atom is -0.398 e. The fourth-order valence-corrected chi connectivity index (χ4v) is 1.69. The normalized spacial score (nSPS) is 10.1. The molecule has 0 aliphatic heterocycles. The van der Waals surface area contributed by atoms with Crippen LogP contribution in [0.1, 0.15) is 21.5 Å². The number of carbonyl (C=O) groups is 1. The first-order valence-electron chi connectivity index (χ1n) is 5.70. The molecule has 0 fully saturated rings. The number of hydrogen-bond donors (Lipinski definition) is 2. The third kappa shape index (κ3) is 2.85. The van der Waals surface area contributed by atoms with Gasteiger partial charge in [-0.1, -0.05) is 29.8 Å². The lowest BCUT2D eigenvalue weighted by Crippen LogP contribution is -2.23. The van der Waals surface area contributed by atoms with Crippen LogP contribution in [0, 0.1) is 6.92 Å². The number of carbonyl (C=O) groups excluding carboxylic acids is 1.